The van der Waals surface area contributed by atoms with Gasteiger partial charge in [0.2, 0.25) is 0 Å². The van der Waals surface area contributed by atoms with E-state index in [1.54, 1.807) is 36.5 Å². The number of carbonyl (C=O) groups is 1. The number of anilines is 1. The summed E-state index contributed by atoms with van der Waals surface area (Å²) in [5.74, 6) is -0.380. The number of carbonyl (C=O) groups excluding carboxylic acids is 1. The van der Waals surface area contributed by atoms with Crippen molar-refractivity contribution in [2.75, 3.05) is 5.32 Å². The van der Waals surface area contributed by atoms with E-state index >= 15 is 0 Å². The molecule has 0 atom stereocenters. The van der Waals surface area contributed by atoms with Crippen molar-refractivity contribution >= 4 is 33.3 Å². The van der Waals surface area contributed by atoms with Crippen LogP contribution in [0.1, 0.15) is 10.5 Å². The molecule has 0 unspecified atom stereocenters. The molecule has 0 aliphatic rings. The molecule has 112 valence electrons. The number of H-pyrrole nitrogens is 2. The van der Waals surface area contributed by atoms with E-state index in [1.165, 1.54) is 0 Å². The van der Waals surface area contributed by atoms with Gasteiger partial charge in [-0.3, -0.25) is 14.7 Å². The molecule has 6 heteroatoms. The van der Waals surface area contributed by atoms with Gasteiger partial charge in [-0.1, -0.05) is 30.3 Å². The van der Waals surface area contributed by atoms with Crippen molar-refractivity contribution in [3.05, 3.63) is 70.8 Å². The van der Waals surface area contributed by atoms with Gasteiger partial charge in [-0.05, 0) is 23.6 Å². The molecular weight excluding hydrogens is 292 g/mol. The maximum Gasteiger partial charge on any atom is 0.272 e. The molecule has 0 radical (unpaired) electrons. The van der Waals surface area contributed by atoms with Crippen LogP contribution >= 0.6 is 0 Å². The lowest BCUT2D eigenvalue weighted by atomic mass is 10.1. The summed E-state index contributed by atoms with van der Waals surface area (Å²) in [7, 11) is 0. The van der Waals surface area contributed by atoms with E-state index in [-0.39, 0.29) is 17.2 Å². The average Bonchev–Trinajstić information content (AvgIpc) is 3.04. The average molecular weight is 304 g/mol. The van der Waals surface area contributed by atoms with Gasteiger partial charge in [0.15, 0.2) is 0 Å². The molecule has 0 bridgehead atoms. The van der Waals surface area contributed by atoms with Crippen LogP contribution in [0.25, 0.3) is 21.7 Å². The number of hydrogen-bond acceptors (Lipinski definition) is 3. The largest absolute Gasteiger partial charge is 0.319 e. The van der Waals surface area contributed by atoms with Crippen molar-refractivity contribution in [1.82, 2.24) is 15.2 Å². The van der Waals surface area contributed by atoms with E-state index in [0.29, 0.717) is 11.1 Å². The molecule has 0 saturated heterocycles. The van der Waals surface area contributed by atoms with Crippen LogP contribution in [0.5, 0.6) is 0 Å². The number of nitrogens with zero attached hydrogens (tertiary/aromatic N) is 1. The van der Waals surface area contributed by atoms with E-state index in [0.717, 1.165) is 16.3 Å². The van der Waals surface area contributed by atoms with Crippen LogP contribution in [0.2, 0.25) is 0 Å². The van der Waals surface area contributed by atoms with Gasteiger partial charge < -0.3 is 10.3 Å². The van der Waals surface area contributed by atoms with Crippen molar-refractivity contribution in [1.29, 1.82) is 0 Å². The van der Waals surface area contributed by atoms with Crippen LogP contribution in [0.3, 0.4) is 0 Å². The number of aromatic amines is 2. The number of nitrogens with one attached hydrogen (secondary N) is 3. The highest BCUT2D eigenvalue weighted by Crippen LogP contribution is 2.21. The Hall–Kier alpha value is -3.41. The number of pyridine rings is 1. The zero-order valence-electron chi connectivity index (χ0n) is 12.0. The summed E-state index contributed by atoms with van der Waals surface area (Å²) in [4.78, 5) is 27.2. The first-order chi connectivity index (χ1) is 11.2. The minimum absolute atomic E-state index is 0.213. The Morgan fingerprint density at radius 1 is 1.04 bits per heavy atom. The highest BCUT2D eigenvalue weighted by molar-refractivity contribution is 6.08. The van der Waals surface area contributed by atoms with Gasteiger partial charge in [0.1, 0.15) is 5.69 Å². The summed E-state index contributed by atoms with van der Waals surface area (Å²) in [6.07, 6.45) is 1.68. The van der Waals surface area contributed by atoms with E-state index in [9.17, 15) is 9.59 Å². The van der Waals surface area contributed by atoms with Crippen molar-refractivity contribution < 1.29 is 4.79 Å². The standard InChI is InChI=1S/C17H12N4O2/c22-16-12-6-2-1-4-10(12)8-14(20-16)17(23)19-13-7-3-5-11-9-18-21-15(11)13/h1-9H,(H,18,21)(H,19,23)(H,20,22). The molecule has 23 heavy (non-hydrogen) atoms. The van der Waals surface area contributed by atoms with Crippen molar-refractivity contribution in [3.63, 3.8) is 0 Å². The molecular formula is C17H12N4O2. The van der Waals surface area contributed by atoms with Gasteiger partial charge in [-0.25, -0.2) is 0 Å². The second kappa shape index (κ2) is 5.10. The minimum atomic E-state index is -0.380. The number of rotatable bonds is 2. The minimum Gasteiger partial charge on any atom is -0.319 e. The second-order valence-corrected chi connectivity index (χ2v) is 5.19. The molecule has 6 nitrogen and oxygen atoms in total. The third-order valence-electron chi connectivity index (χ3n) is 3.72. The summed E-state index contributed by atoms with van der Waals surface area (Å²) in [6, 6.07) is 14.3. The van der Waals surface area contributed by atoms with Gasteiger partial charge in [0, 0.05) is 10.8 Å². The maximum atomic E-state index is 12.5. The lowest BCUT2D eigenvalue weighted by molar-refractivity contribution is 0.102. The highest BCUT2D eigenvalue weighted by Gasteiger charge is 2.11. The number of benzene rings is 2. The lowest BCUT2D eigenvalue weighted by Gasteiger charge is -2.07. The Labute approximate surface area is 130 Å². The Balaban J connectivity index is 1.75. The van der Waals surface area contributed by atoms with Crippen LogP contribution in [0, 0.1) is 0 Å². The van der Waals surface area contributed by atoms with E-state index in [2.05, 4.69) is 20.5 Å². The molecule has 4 aromatic rings. The summed E-state index contributed by atoms with van der Waals surface area (Å²) in [5.41, 5.74) is 1.28. The monoisotopic (exact) mass is 304 g/mol. The first kappa shape index (κ1) is 13.3. The zero-order valence-corrected chi connectivity index (χ0v) is 12.0. The van der Waals surface area contributed by atoms with Crippen LogP contribution in [0.4, 0.5) is 5.69 Å². The van der Waals surface area contributed by atoms with Crippen molar-refractivity contribution in [3.8, 4) is 0 Å². The van der Waals surface area contributed by atoms with Crippen LogP contribution in [-0.2, 0) is 0 Å². The molecule has 2 aromatic carbocycles. The number of para-hydroxylation sites is 1. The van der Waals surface area contributed by atoms with Crippen molar-refractivity contribution in [2.24, 2.45) is 0 Å². The molecule has 4 rings (SSSR count). The quantitative estimate of drug-likeness (QED) is 0.531. The number of hydrogen-bond donors (Lipinski definition) is 3. The molecule has 3 N–H and O–H groups in total. The Morgan fingerprint density at radius 3 is 2.78 bits per heavy atom. The van der Waals surface area contributed by atoms with Crippen LogP contribution in [-0.4, -0.2) is 21.1 Å². The third kappa shape index (κ3) is 2.26. The zero-order chi connectivity index (χ0) is 15.8. The molecule has 2 heterocycles. The van der Waals surface area contributed by atoms with Gasteiger partial charge in [0.05, 0.1) is 17.4 Å². The summed E-state index contributed by atoms with van der Waals surface area (Å²) in [5, 5.41) is 11.8. The predicted octanol–water partition coefficient (Wildman–Crippen LogP) is 2.66. The van der Waals surface area contributed by atoms with Gasteiger partial charge in [-0.15, -0.1) is 0 Å². The molecule has 2 aromatic heterocycles. The van der Waals surface area contributed by atoms with Gasteiger partial charge in [-0.2, -0.15) is 5.10 Å². The Morgan fingerprint density at radius 2 is 1.87 bits per heavy atom. The molecule has 0 aliphatic heterocycles. The Bertz CT molecular complexity index is 1090. The smallest absolute Gasteiger partial charge is 0.272 e. The predicted molar refractivity (Wildman–Crippen MR) is 88.6 cm³/mol. The van der Waals surface area contributed by atoms with E-state index in [4.69, 9.17) is 0 Å². The van der Waals surface area contributed by atoms with E-state index < -0.39 is 0 Å². The topological polar surface area (TPSA) is 90.6 Å². The van der Waals surface area contributed by atoms with Crippen LogP contribution < -0.4 is 10.9 Å². The molecule has 0 fully saturated rings. The van der Waals surface area contributed by atoms with Crippen LogP contribution in [0.15, 0.2) is 59.5 Å². The Kier molecular flexibility index (Phi) is 2.94. The summed E-state index contributed by atoms with van der Waals surface area (Å²) in [6.45, 7) is 0. The normalized spacial score (nSPS) is 11.0. The first-order valence-electron chi connectivity index (χ1n) is 7.08. The molecule has 0 spiro atoms. The second-order valence-electron chi connectivity index (χ2n) is 5.19. The third-order valence-corrected chi connectivity index (χ3v) is 3.72. The number of aromatic nitrogens is 3. The lowest BCUT2D eigenvalue weighted by Crippen LogP contribution is -2.19. The first-order valence-corrected chi connectivity index (χ1v) is 7.08. The SMILES string of the molecule is O=C(Nc1cccc2cn[nH]c12)c1cc2ccccc2c(=O)[nH]1. The number of fused-ring (bicyclic) bond motifs is 2. The van der Waals surface area contributed by atoms with Crippen molar-refractivity contribution in [2.45, 2.75) is 0 Å². The fraction of sp³-hybridized carbons (Fsp3) is 0. The fourth-order valence-corrected chi connectivity index (χ4v) is 2.60. The van der Waals surface area contributed by atoms with E-state index in [1.807, 2.05) is 18.2 Å². The fourth-order valence-electron chi connectivity index (χ4n) is 2.60. The highest BCUT2D eigenvalue weighted by atomic mass is 16.2. The van der Waals surface area contributed by atoms with Gasteiger partial charge in [0.25, 0.3) is 11.5 Å². The number of amides is 1. The molecule has 0 saturated carbocycles. The summed E-state index contributed by atoms with van der Waals surface area (Å²) < 4.78 is 0. The molecule has 1 amide bonds. The van der Waals surface area contributed by atoms with Gasteiger partial charge >= 0.3 is 0 Å². The summed E-state index contributed by atoms with van der Waals surface area (Å²) >= 11 is 0. The maximum absolute atomic E-state index is 12.5. The molecule has 0 aliphatic carbocycles.